The molecule has 0 radical (unpaired) electrons. The van der Waals surface area contributed by atoms with Gasteiger partial charge in [-0.1, -0.05) is 91.0 Å². The van der Waals surface area contributed by atoms with Gasteiger partial charge in [-0.05, 0) is 121 Å². The average molecular weight is 736 g/mol. The van der Waals surface area contributed by atoms with Gasteiger partial charge in [0.05, 0.1) is 34.0 Å². The second-order valence-electron chi connectivity index (χ2n) is 14.9. The third kappa shape index (κ3) is 5.03. The smallest absolute Gasteiger partial charge is 0.0717 e. The molecule has 10 rings (SSSR count). The zero-order chi connectivity index (χ0) is 36.6. The van der Waals surface area contributed by atoms with E-state index in [1.54, 1.807) is 0 Å². The topological polar surface area (TPSA) is 19.4 Å². The Morgan fingerprint density at radius 2 is 0.815 bits per heavy atom. The molecular formula is C49H41N3S2. The third-order valence-electron chi connectivity index (χ3n) is 11.2. The molecule has 0 unspecified atom stereocenters. The standard InChI is InChI=1S/C49H41N3S2/c1-53(2)46-22-12-8-18-42(46)51(43-19-9-13-23-47(43)53)36-28-26-35(27-29-36)41-33-38(34-16-6-5-7-17-34)39-32-37(30-31-40(39)50-41)52-44-20-10-14-24-48(44)54(3,4)49-25-15-11-21-45(49)52/h5-33H,1-4H3. The van der Waals surface area contributed by atoms with Crippen molar-refractivity contribution in [2.75, 3.05) is 34.8 Å². The Labute approximate surface area is 321 Å². The van der Waals surface area contributed by atoms with Gasteiger partial charge < -0.3 is 9.80 Å². The molecule has 0 N–H and O–H groups in total. The lowest BCUT2D eigenvalue weighted by Gasteiger charge is -2.45. The lowest BCUT2D eigenvalue weighted by atomic mass is 9.97. The predicted octanol–water partition coefficient (Wildman–Crippen LogP) is 14.1. The molecule has 2 aliphatic heterocycles. The largest absolute Gasteiger partial charge is 0.308 e. The SMILES string of the molecule is CS1(C)c2ccccc2N(c2ccc(-c3cc(-c4ccccc4)c4cc(N5c6ccccc6S(C)(C)c6ccccc65)ccc4n3)cc2)c2ccccc21. The van der Waals surface area contributed by atoms with E-state index in [2.05, 4.69) is 211 Å². The molecule has 0 aliphatic carbocycles. The van der Waals surface area contributed by atoms with Crippen LogP contribution in [0.3, 0.4) is 0 Å². The second-order valence-corrected chi connectivity index (χ2v) is 21.9. The highest BCUT2D eigenvalue weighted by Crippen LogP contribution is 2.68. The van der Waals surface area contributed by atoms with Crippen molar-refractivity contribution in [3.05, 3.63) is 176 Å². The van der Waals surface area contributed by atoms with Crippen LogP contribution < -0.4 is 9.80 Å². The predicted molar refractivity (Wildman–Crippen MR) is 234 cm³/mol. The number of hydrogen-bond donors (Lipinski definition) is 0. The van der Waals surface area contributed by atoms with Crippen molar-refractivity contribution < 1.29 is 0 Å². The first-order chi connectivity index (χ1) is 26.3. The van der Waals surface area contributed by atoms with Gasteiger partial charge in [0.25, 0.3) is 0 Å². The molecule has 0 saturated heterocycles. The molecule has 3 heterocycles. The van der Waals surface area contributed by atoms with Crippen molar-refractivity contribution in [2.45, 2.75) is 19.6 Å². The second kappa shape index (κ2) is 12.4. The van der Waals surface area contributed by atoms with Crippen LogP contribution in [-0.4, -0.2) is 30.0 Å². The van der Waals surface area contributed by atoms with E-state index in [0.29, 0.717) is 0 Å². The van der Waals surface area contributed by atoms with Crippen molar-refractivity contribution in [1.82, 2.24) is 4.98 Å². The normalized spacial score (nSPS) is 16.1. The van der Waals surface area contributed by atoms with E-state index in [9.17, 15) is 0 Å². The highest BCUT2D eigenvalue weighted by molar-refractivity contribution is 8.33. The van der Waals surface area contributed by atoms with E-state index < -0.39 is 20.1 Å². The summed E-state index contributed by atoms with van der Waals surface area (Å²) < 4.78 is 0. The summed E-state index contributed by atoms with van der Waals surface area (Å²) in [6.07, 6.45) is 9.66. The molecule has 0 spiro atoms. The number of hydrogen-bond acceptors (Lipinski definition) is 3. The number of pyridine rings is 1. The Morgan fingerprint density at radius 3 is 1.31 bits per heavy atom. The quantitative estimate of drug-likeness (QED) is 0.179. The molecule has 7 aromatic carbocycles. The van der Waals surface area contributed by atoms with E-state index in [-0.39, 0.29) is 0 Å². The summed E-state index contributed by atoms with van der Waals surface area (Å²) in [7, 11) is -2.32. The summed E-state index contributed by atoms with van der Waals surface area (Å²) in [5, 5.41) is 1.14. The van der Waals surface area contributed by atoms with Crippen molar-refractivity contribution in [1.29, 1.82) is 0 Å². The molecule has 3 nitrogen and oxygen atoms in total. The lowest BCUT2D eigenvalue weighted by molar-refractivity contribution is 1.15. The van der Waals surface area contributed by atoms with Crippen LogP contribution >= 0.6 is 20.1 Å². The number of anilines is 6. The maximum absolute atomic E-state index is 5.34. The number of aromatic nitrogens is 1. The first-order valence-electron chi connectivity index (χ1n) is 18.3. The molecule has 264 valence electrons. The van der Waals surface area contributed by atoms with Gasteiger partial charge in [-0.3, -0.25) is 0 Å². The summed E-state index contributed by atoms with van der Waals surface area (Å²) in [5.74, 6) is 0. The molecule has 0 saturated carbocycles. The fraction of sp³-hybridized carbons (Fsp3) is 0.0816. The number of rotatable bonds is 4. The Morgan fingerprint density at radius 1 is 0.389 bits per heavy atom. The molecule has 0 amide bonds. The van der Waals surface area contributed by atoms with Crippen LogP contribution in [0.25, 0.3) is 33.3 Å². The van der Waals surface area contributed by atoms with E-state index in [1.807, 2.05) is 0 Å². The first-order valence-corrected chi connectivity index (χ1v) is 23.2. The van der Waals surface area contributed by atoms with E-state index in [1.165, 1.54) is 53.5 Å². The van der Waals surface area contributed by atoms with Crippen LogP contribution in [-0.2, 0) is 0 Å². The van der Waals surface area contributed by atoms with Gasteiger partial charge in [0.2, 0.25) is 0 Å². The number of fused-ring (bicyclic) bond motifs is 5. The molecule has 0 atom stereocenters. The van der Waals surface area contributed by atoms with Crippen LogP contribution in [0.5, 0.6) is 0 Å². The minimum absolute atomic E-state index is 0.963. The fourth-order valence-electron chi connectivity index (χ4n) is 8.49. The van der Waals surface area contributed by atoms with Crippen molar-refractivity contribution >= 4 is 65.1 Å². The minimum Gasteiger partial charge on any atom is -0.308 e. The van der Waals surface area contributed by atoms with Crippen LogP contribution in [0.15, 0.2) is 196 Å². The monoisotopic (exact) mass is 735 g/mol. The molecular weight excluding hydrogens is 695 g/mol. The van der Waals surface area contributed by atoms with Gasteiger partial charge in [-0.15, -0.1) is 0 Å². The van der Waals surface area contributed by atoms with E-state index in [4.69, 9.17) is 4.98 Å². The third-order valence-corrected chi connectivity index (χ3v) is 17.0. The molecule has 8 aromatic rings. The van der Waals surface area contributed by atoms with Gasteiger partial charge in [0, 0.05) is 41.9 Å². The van der Waals surface area contributed by atoms with Crippen molar-refractivity contribution in [3.63, 3.8) is 0 Å². The fourth-order valence-corrected chi connectivity index (χ4v) is 13.4. The van der Waals surface area contributed by atoms with Crippen LogP contribution in [0.4, 0.5) is 34.1 Å². The van der Waals surface area contributed by atoms with Gasteiger partial charge >= 0.3 is 0 Å². The summed E-state index contributed by atoms with van der Waals surface area (Å²) in [6.45, 7) is 0. The summed E-state index contributed by atoms with van der Waals surface area (Å²) in [4.78, 5) is 15.9. The Bertz CT molecular complexity index is 2640. The molecule has 5 heteroatoms. The number of benzene rings is 7. The van der Waals surface area contributed by atoms with Gasteiger partial charge in [-0.2, -0.15) is 20.1 Å². The zero-order valence-corrected chi connectivity index (χ0v) is 32.5. The Balaban J connectivity index is 1.10. The summed E-state index contributed by atoms with van der Waals surface area (Å²) in [5.41, 5.74) is 12.7. The lowest BCUT2D eigenvalue weighted by Crippen LogP contribution is -2.20. The molecule has 0 fully saturated rings. The molecule has 54 heavy (non-hydrogen) atoms. The van der Waals surface area contributed by atoms with Crippen LogP contribution in [0, 0.1) is 0 Å². The number of nitrogens with zero attached hydrogens (tertiary/aromatic N) is 3. The molecule has 0 bridgehead atoms. The van der Waals surface area contributed by atoms with Gasteiger partial charge in [0.15, 0.2) is 0 Å². The molecule has 2 aliphatic rings. The van der Waals surface area contributed by atoms with Gasteiger partial charge in [-0.25, -0.2) is 4.98 Å². The van der Waals surface area contributed by atoms with Crippen LogP contribution in [0.1, 0.15) is 0 Å². The number of para-hydroxylation sites is 4. The van der Waals surface area contributed by atoms with Gasteiger partial charge in [0.1, 0.15) is 0 Å². The summed E-state index contributed by atoms with van der Waals surface area (Å²) >= 11 is 0. The Kier molecular flexibility index (Phi) is 7.55. The van der Waals surface area contributed by atoms with E-state index >= 15 is 0 Å². The Hall–Kier alpha value is -5.75. The zero-order valence-electron chi connectivity index (χ0n) is 30.9. The maximum atomic E-state index is 5.34. The molecule has 1 aromatic heterocycles. The minimum atomic E-state index is -1.17. The van der Waals surface area contributed by atoms with Crippen molar-refractivity contribution in [3.8, 4) is 22.4 Å². The average Bonchev–Trinajstić information content (AvgIpc) is 3.21. The summed E-state index contributed by atoms with van der Waals surface area (Å²) in [6, 6.07) is 64.5. The van der Waals surface area contributed by atoms with E-state index in [0.717, 1.165) is 33.5 Å². The maximum Gasteiger partial charge on any atom is 0.0717 e. The highest BCUT2D eigenvalue weighted by Gasteiger charge is 2.35. The highest BCUT2D eigenvalue weighted by atomic mass is 32.3. The first kappa shape index (κ1) is 32.9. The van der Waals surface area contributed by atoms with Crippen molar-refractivity contribution in [2.24, 2.45) is 0 Å². The van der Waals surface area contributed by atoms with Crippen LogP contribution in [0.2, 0.25) is 0 Å².